The second-order valence-electron chi connectivity index (χ2n) is 3.24. The summed E-state index contributed by atoms with van der Waals surface area (Å²) in [6.45, 7) is 1.56. The van der Waals surface area contributed by atoms with Crippen LogP contribution in [0.25, 0.3) is 6.08 Å². The Morgan fingerprint density at radius 2 is 2.06 bits per heavy atom. The molecule has 1 aromatic rings. The molecule has 0 saturated carbocycles. The summed E-state index contributed by atoms with van der Waals surface area (Å²) in [4.78, 5) is 10.3. The smallest absolute Gasteiger partial charge is 0.478 e. The maximum absolute atomic E-state index is 11.9. The van der Waals surface area contributed by atoms with Crippen molar-refractivity contribution in [3.63, 3.8) is 0 Å². The van der Waals surface area contributed by atoms with Crippen molar-refractivity contribution in [2.24, 2.45) is 0 Å². The second kappa shape index (κ2) is 4.90. The predicted molar refractivity (Wildman–Crippen MR) is 54.5 cm³/mol. The first kappa shape index (κ1) is 13.1. The van der Waals surface area contributed by atoms with Gasteiger partial charge in [-0.05, 0) is 36.3 Å². The minimum Gasteiger partial charge on any atom is -0.478 e. The van der Waals surface area contributed by atoms with Crippen molar-refractivity contribution in [2.45, 2.75) is 13.3 Å². The first-order chi connectivity index (χ1) is 7.78. The van der Waals surface area contributed by atoms with Gasteiger partial charge in [-0.2, -0.15) is 0 Å². The summed E-state index contributed by atoms with van der Waals surface area (Å²) < 4.78 is 39.5. The third-order valence-electron chi connectivity index (χ3n) is 1.88. The van der Waals surface area contributed by atoms with Gasteiger partial charge in [-0.25, -0.2) is 4.79 Å². The van der Waals surface area contributed by atoms with E-state index < -0.39 is 12.3 Å². The molecule has 0 aliphatic rings. The topological polar surface area (TPSA) is 46.5 Å². The molecule has 0 saturated heterocycles. The monoisotopic (exact) mass is 246 g/mol. The van der Waals surface area contributed by atoms with Crippen molar-refractivity contribution in [3.8, 4) is 5.75 Å². The number of aryl methyl sites for hydroxylation is 1. The van der Waals surface area contributed by atoms with E-state index in [-0.39, 0.29) is 5.75 Å². The maximum Gasteiger partial charge on any atom is 0.573 e. The first-order valence-corrected chi connectivity index (χ1v) is 4.55. The van der Waals surface area contributed by atoms with Crippen molar-refractivity contribution in [3.05, 3.63) is 35.4 Å². The lowest BCUT2D eigenvalue weighted by Crippen LogP contribution is -2.17. The fraction of sp³-hybridized carbons (Fsp3) is 0.182. The summed E-state index contributed by atoms with van der Waals surface area (Å²) in [5.74, 6) is -1.46. The minimum absolute atomic E-state index is 0.331. The van der Waals surface area contributed by atoms with Crippen LogP contribution in [0, 0.1) is 6.92 Å². The van der Waals surface area contributed by atoms with Crippen LogP contribution in [0.2, 0.25) is 0 Å². The zero-order chi connectivity index (χ0) is 13.1. The van der Waals surface area contributed by atoms with Crippen molar-refractivity contribution in [1.29, 1.82) is 0 Å². The van der Waals surface area contributed by atoms with Gasteiger partial charge < -0.3 is 9.84 Å². The van der Waals surface area contributed by atoms with Crippen LogP contribution in [-0.4, -0.2) is 17.4 Å². The summed E-state index contributed by atoms with van der Waals surface area (Å²) in [6.07, 6.45) is -2.52. The largest absolute Gasteiger partial charge is 0.573 e. The average molecular weight is 246 g/mol. The SMILES string of the molecule is Cc1cc(OC(F)(F)F)ccc1/C=C/C(=O)O. The molecular formula is C11H9F3O3. The Balaban J connectivity index is 2.90. The van der Waals surface area contributed by atoms with Crippen LogP contribution in [0.15, 0.2) is 24.3 Å². The van der Waals surface area contributed by atoms with Crippen molar-refractivity contribution < 1.29 is 27.8 Å². The summed E-state index contributed by atoms with van der Waals surface area (Å²) >= 11 is 0. The molecule has 1 aromatic carbocycles. The van der Waals surface area contributed by atoms with Crippen LogP contribution in [0.5, 0.6) is 5.75 Å². The molecule has 0 radical (unpaired) electrons. The molecule has 0 aliphatic carbocycles. The predicted octanol–water partition coefficient (Wildman–Crippen LogP) is 2.99. The quantitative estimate of drug-likeness (QED) is 0.834. The van der Waals surface area contributed by atoms with Gasteiger partial charge in [0, 0.05) is 6.08 Å². The zero-order valence-electron chi connectivity index (χ0n) is 8.78. The van der Waals surface area contributed by atoms with E-state index in [2.05, 4.69) is 4.74 Å². The average Bonchev–Trinajstić information content (AvgIpc) is 2.13. The summed E-state index contributed by atoms with van der Waals surface area (Å²) in [7, 11) is 0. The third kappa shape index (κ3) is 4.58. The van der Waals surface area contributed by atoms with Gasteiger partial charge in [0.05, 0.1) is 0 Å². The normalized spacial score (nSPS) is 11.8. The molecule has 0 unspecified atom stereocenters. The van der Waals surface area contributed by atoms with Gasteiger partial charge in [0.15, 0.2) is 0 Å². The van der Waals surface area contributed by atoms with Gasteiger partial charge in [0.2, 0.25) is 0 Å². The lowest BCUT2D eigenvalue weighted by atomic mass is 10.1. The van der Waals surface area contributed by atoms with E-state index in [4.69, 9.17) is 5.11 Å². The lowest BCUT2D eigenvalue weighted by molar-refractivity contribution is -0.274. The van der Waals surface area contributed by atoms with E-state index in [1.54, 1.807) is 6.92 Å². The molecule has 0 spiro atoms. The standard InChI is InChI=1S/C11H9F3O3/c1-7-6-9(17-11(12,13)14)4-2-8(7)3-5-10(15)16/h2-6H,1H3,(H,15,16)/b5-3+. The van der Waals surface area contributed by atoms with Gasteiger partial charge in [0.1, 0.15) is 5.75 Å². The highest BCUT2D eigenvalue weighted by Gasteiger charge is 2.31. The molecular weight excluding hydrogens is 237 g/mol. The van der Waals surface area contributed by atoms with Crippen LogP contribution in [0.3, 0.4) is 0 Å². The van der Waals surface area contributed by atoms with Crippen LogP contribution in [0.4, 0.5) is 13.2 Å². The molecule has 0 bridgehead atoms. The molecule has 3 nitrogen and oxygen atoms in total. The molecule has 1 N–H and O–H groups in total. The number of aliphatic carboxylic acids is 1. The van der Waals surface area contributed by atoms with Crippen molar-refractivity contribution >= 4 is 12.0 Å². The highest BCUT2D eigenvalue weighted by atomic mass is 19.4. The number of carboxylic acid groups (broad SMARTS) is 1. The Labute approximate surface area is 95.1 Å². The Hall–Kier alpha value is -1.98. The van der Waals surface area contributed by atoms with Crippen molar-refractivity contribution in [1.82, 2.24) is 0 Å². The van der Waals surface area contributed by atoms with Crippen LogP contribution >= 0.6 is 0 Å². The Bertz CT molecular complexity index is 450. The van der Waals surface area contributed by atoms with E-state index in [1.807, 2.05) is 0 Å². The number of carbonyl (C=O) groups is 1. The molecule has 17 heavy (non-hydrogen) atoms. The molecule has 0 amide bonds. The van der Waals surface area contributed by atoms with Crippen LogP contribution in [0.1, 0.15) is 11.1 Å². The van der Waals surface area contributed by atoms with E-state index in [0.29, 0.717) is 11.1 Å². The lowest BCUT2D eigenvalue weighted by Gasteiger charge is -2.10. The molecule has 0 fully saturated rings. The number of halogens is 3. The fourth-order valence-corrected chi connectivity index (χ4v) is 1.19. The number of alkyl halides is 3. The number of benzene rings is 1. The third-order valence-corrected chi connectivity index (χ3v) is 1.88. The summed E-state index contributed by atoms with van der Waals surface area (Å²) in [5.41, 5.74) is 1.01. The first-order valence-electron chi connectivity index (χ1n) is 4.55. The van der Waals surface area contributed by atoms with E-state index >= 15 is 0 Å². The number of hydrogen-bond donors (Lipinski definition) is 1. The molecule has 1 rings (SSSR count). The number of rotatable bonds is 3. The zero-order valence-corrected chi connectivity index (χ0v) is 8.78. The molecule has 92 valence electrons. The molecule has 0 aromatic heterocycles. The number of carboxylic acids is 1. The highest BCUT2D eigenvalue weighted by Crippen LogP contribution is 2.25. The Morgan fingerprint density at radius 3 is 2.53 bits per heavy atom. The van der Waals surface area contributed by atoms with E-state index in [1.165, 1.54) is 18.2 Å². The Kier molecular flexibility index (Phi) is 3.77. The number of hydrogen-bond acceptors (Lipinski definition) is 2. The summed E-state index contributed by atoms with van der Waals surface area (Å²) in [5, 5.41) is 8.41. The van der Waals surface area contributed by atoms with Crippen LogP contribution < -0.4 is 4.74 Å². The fourth-order valence-electron chi connectivity index (χ4n) is 1.19. The second-order valence-corrected chi connectivity index (χ2v) is 3.24. The number of ether oxygens (including phenoxy) is 1. The van der Waals surface area contributed by atoms with Crippen LogP contribution in [-0.2, 0) is 4.79 Å². The summed E-state index contributed by atoms with van der Waals surface area (Å²) in [6, 6.07) is 3.67. The maximum atomic E-state index is 11.9. The minimum atomic E-state index is -4.73. The van der Waals surface area contributed by atoms with Gasteiger partial charge in [-0.3, -0.25) is 0 Å². The van der Waals surface area contributed by atoms with E-state index in [9.17, 15) is 18.0 Å². The molecule has 6 heteroatoms. The van der Waals surface area contributed by atoms with Crippen molar-refractivity contribution in [2.75, 3.05) is 0 Å². The Morgan fingerprint density at radius 1 is 1.41 bits per heavy atom. The van der Waals surface area contributed by atoms with Gasteiger partial charge in [-0.1, -0.05) is 6.07 Å². The van der Waals surface area contributed by atoms with Gasteiger partial charge >= 0.3 is 12.3 Å². The van der Waals surface area contributed by atoms with Gasteiger partial charge in [-0.15, -0.1) is 13.2 Å². The van der Waals surface area contributed by atoms with Gasteiger partial charge in [0.25, 0.3) is 0 Å². The molecule has 0 aliphatic heterocycles. The highest BCUT2D eigenvalue weighted by molar-refractivity contribution is 5.85. The molecule has 0 heterocycles. The van der Waals surface area contributed by atoms with E-state index in [0.717, 1.165) is 12.1 Å². The molecule has 0 atom stereocenters.